The quantitative estimate of drug-likeness (QED) is 0.461. The highest BCUT2D eigenvalue weighted by Crippen LogP contribution is 2.39. The normalized spacial score (nSPS) is 11.3. The Kier molecular flexibility index (Phi) is 3.91. The van der Waals surface area contributed by atoms with Gasteiger partial charge in [-0.15, -0.1) is 17.3 Å². The van der Waals surface area contributed by atoms with Crippen molar-refractivity contribution in [3.8, 4) is 23.0 Å². The number of hydrogen-bond acceptors (Lipinski definition) is 1. The number of fused-ring (bicyclic) bond motifs is 1. The summed E-state index contributed by atoms with van der Waals surface area (Å²) >= 11 is 1.63. The zero-order valence-corrected chi connectivity index (χ0v) is 13.4. The van der Waals surface area contributed by atoms with E-state index in [1.807, 2.05) is 25.1 Å². The summed E-state index contributed by atoms with van der Waals surface area (Å²) in [5, 5.41) is 1.05. The molecule has 0 saturated carbocycles. The van der Waals surface area contributed by atoms with Crippen LogP contribution in [0.5, 0.6) is 0 Å². The molecule has 0 spiro atoms. The molecule has 0 saturated heterocycles. The first-order chi connectivity index (χ1) is 10.9. The zero-order chi connectivity index (χ0) is 16.6. The van der Waals surface area contributed by atoms with Crippen LogP contribution >= 0.6 is 11.3 Å². The first-order valence-corrected chi connectivity index (χ1v) is 7.85. The first-order valence-electron chi connectivity index (χ1n) is 7.03. The number of thiophene rings is 1. The zero-order valence-electron chi connectivity index (χ0n) is 12.6. The van der Waals surface area contributed by atoms with Gasteiger partial charge in [0, 0.05) is 26.1 Å². The van der Waals surface area contributed by atoms with Crippen LogP contribution in [0.1, 0.15) is 22.9 Å². The highest BCUT2D eigenvalue weighted by atomic mass is 32.1. The van der Waals surface area contributed by atoms with E-state index in [0.717, 1.165) is 43.8 Å². The van der Waals surface area contributed by atoms with Crippen LogP contribution < -0.4 is 0 Å². The molecule has 0 N–H and O–H groups in total. The van der Waals surface area contributed by atoms with Gasteiger partial charge >= 0.3 is 6.18 Å². The maximum Gasteiger partial charge on any atom is 0.416 e. The van der Waals surface area contributed by atoms with Crippen molar-refractivity contribution in [2.75, 3.05) is 0 Å². The number of hydrogen-bond donors (Lipinski definition) is 0. The van der Waals surface area contributed by atoms with E-state index in [-0.39, 0.29) is 0 Å². The second-order valence-electron chi connectivity index (χ2n) is 5.19. The van der Waals surface area contributed by atoms with Gasteiger partial charge in [-0.3, -0.25) is 0 Å². The van der Waals surface area contributed by atoms with E-state index in [4.69, 9.17) is 0 Å². The van der Waals surface area contributed by atoms with Crippen LogP contribution in [0.15, 0.2) is 42.5 Å². The lowest BCUT2D eigenvalue weighted by Crippen LogP contribution is -2.03. The molecule has 0 nitrogen and oxygen atoms in total. The number of aryl methyl sites for hydroxylation is 1. The van der Waals surface area contributed by atoms with Crippen molar-refractivity contribution < 1.29 is 13.2 Å². The van der Waals surface area contributed by atoms with E-state index in [9.17, 15) is 13.2 Å². The molecule has 0 unspecified atom stereocenters. The molecule has 0 bridgehead atoms. The number of rotatable bonds is 1. The minimum absolute atomic E-state index is 0.626. The summed E-state index contributed by atoms with van der Waals surface area (Å²) in [6, 6.07) is 11.3. The summed E-state index contributed by atoms with van der Waals surface area (Å²) in [5.41, 5.74) is 2.12. The van der Waals surface area contributed by atoms with Crippen LogP contribution in [0.2, 0.25) is 0 Å². The Balaban J connectivity index is 2.12. The average Bonchev–Trinajstić information content (AvgIpc) is 2.82. The number of halogens is 3. The molecule has 0 aliphatic heterocycles. The largest absolute Gasteiger partial charge is 0.416 e. The fourth-order valence-electron chi connectivity index (χ4n) is 2.63. The summed E-state index contributed by atoms with van der Waals surface area (Å²) in [6.07, 6.45) is -4.31. The molecule has 23 heavy (non-hydrogen) atoms. The third-order valence-electron chi connectivity index (χ3n) is 3.64. The summed E-state index contributed by atoms with van der Waals surface area (Å²) in [5.74, 6) is 5.89. The summed E-state index contributed by atoms with van der Waals surface area (Å²) in [6.45, 7) is 3.78. The molecule has 0 fully saturated rings. The van der Waals surface area contributed by atoms with E-state index >= 15 is 0 Å². The monoisotopic (exact) mass is 330 g/mol. The van der Waals surface area contributed by atoms with Crippen molar-refractivity contribution >= 4 is 21.4 Å². The van der Waals surface area contributed by atoms with Gasteiger partial charge in [-0.1, -0.05) is 24.1 Å². The summed E-state index contributed by atoms with van der Waals surface area (Å²) < 4.78 is 39.2. The van der Waals surface area contributed by atoms with Crippen molar-refractivity contribution in [3.05, 3.63) is 58.5 Å². The molecular formula is C19H13F3S. The lowest BCUT2D eigenvalue weighted by atomic mass is 10.00. The van der Waals surface area contributed by atoms with Gasteiger partial charge in [0.15, 0.2) is 0 Å². The molecular weight excluding hydrogens is 317 g/mol. The number of benzene rings is 2. The first kappa shape index (κ1) is 15.6. The minimum atomic E-state index is -4.31. The smallest absolute Gasteiger partial charge is 0.166 e. The summed E-state index contributed by atoms with van der Waals surface area (Å²) in [7, 11) is 0. The van der Waals surface area contributed by atoms with Gasteiger partial charge < -0.3 is 0 Å². The maximum atomic E-state index is 12.7. The molecule has 3 aromatic rings. The van der Waals surface area contributed by atoms with Crippen molar-refractivity contribution in [3.63, 3.8) is 0 Å². The molecule has 3 rings (SSSR count). The Hall–Kier alpha value is -2.25. The molecule has 1 aromatic heterocycles. The molecule has 4 heteroatoms. The van der Waals surface area contributed by atoms with Crippen LogP contribution in [-0.2, 0) is 6.18 Å². The molecule has 116 valence electrons. The fourth-order valence-corrected chi connectivity index (χ4v) is 3.75. The van der Waals surface area contributed by atoms with Gasteiger partial charge in [0.1, 0.15) is 0 Å². The highest BCUT2D eigenvalue weighted by Gasteiger charge is 2.30. The Morgan fingerprint density at radius 1 is 1.00 bits per heavy atom. The topological polar surface area (TPSA) is 0 Å². The molecule has 0 aliphatic carbocycles. The van der Waals surface area contributed by atoms with E-state index in [0.29, 0.717) is 0 Å². The predicted octanol–water partition coefficient (Wildman–Crippen LogP) is 6.27. The molecule has 0 atom stereocenters. The minimum Gasteiger partial charge on any atom is -0.166 e. The highest BCUT2D eigenvalue weighted by molar-refractivity contribution is 7.19. The van der Waals surface area contributed by atoms with E-state index in [1.165, 1.54) is 12.1 Å². The van der Waals surface area contributed by atoms with Gasteiger partial charge in [-0.05, 0) is 43.7 Å². The van der Waals surface area contributed by atoms with Crippen LogP contribution in [0.4, 0.5) is 13.2 Å². The third-order valence-corrected chi connectivity index (χ3v) is 4.70. The third kappa shape index (κ3) is 2.97. The maximum absolute atomic E-state index is 12.7. The molecule has 2 aromatic carbocycles. The van der Waals surface area contributed by atoms with Crippen molar-refractivity contribution in [2.45, 2.75) is 20.0 Å². The predicted molar refractivity (Wildman–Crippen MR) is 89.6 cm³/mol. The van der Waals surface area contributed by atoms with Gasteiger partial charge in [-0.25, -0.2) is 0 Å². The Morgan fingerprint density at radius 2 is 1.70 bits per heavy atom. The van der Waals surface area contributed by atoms with Gasteiger partial charge in [0.25, 0.3) is 0 Å². The second kappa shape index (κ2) is 5.75. The Bertz CT molecular complexity index is 919. The molecule has 0 aliphatic rings. The SMILES string of the molecule is CC#Cc1ccc2c(-c3ccc(C(F)(F)F)cc3)c(C)sc2c1. The lowest BCUT2D eigenvalue weighted by molar-refractivity contribution is -0.137. The average molecular weight is 330 g/mol. The van der Waals surface area contributed by atoms with Gasteiger partial charge in [-0.2, -0.15) is 13.2 Å². The number of alkyl halides is 3. The van der Waals surface area contributed by atoms with Crippen molar-refractivity contribution in [1.29, 1.82) is 0 Å². The van der Waals surface area contributed by atoms with Crippen LogP contribution in [0, 0.1) is 18.8 Å². The van der Waals surface area contributed by atoms with Gasteiger partial charge in [0.2, 0.25) is 0 Å². The second-order valence-corrected chi connectivity index (χ2v) is 6.45. The molecule has 1 heterocycles. The Morgan fingerprint density at radius 3 is 2.30 bits per heavy atom. The molecule has 0 radical (unpaired) electrons. The van der Waals surface area contributed by atoms with E-state index < -0.39 is 11.7 Å². The summed E-state index contributed by atoms with van der Waals surface area (Å²) in [4.78, 5) is 1.08. The van der Waals surface area contributed by atoms with E-state index in [1.54, 1.807) is 18.3 Å². The lowest BCUT2D eigenvalue weighted by Gasteiger charge is -2.08. The molecule has 0 amide bonds. The van der Waals surface area contributed by atoms with Crippen molar-refractivity contribution in [1.82, 2.24) is 0 Å². The van der Waals surface area contributed by atoms with Crippen LogP contribution in [-0.4, -0.2) is 0 Å². The Labute approximate surface area is 136 Å². The van der Waals surface area contributed by atoms with Crippen LogP contribution in [0.3, 0.4) is 0 Å². The standard InChI is InChI=1S/C19H13F3S/c1-3-4-13-5-10-16-17(11-13)23-12(2)18(16)14-6-8-15(9-7-14)19(20,21)22/h5-11H,1-2H3. The van der Waals surface area contributed by atoms with Crippen molar-refractivity contribution in [2.24, 2.45) is 0 Å². The van der Waals surface area contributed by atoms with Crippen LogP contribution in [0.25, 0.3) is 21.2 Å². The fraction of sp³-hybridized carbons (Fsp3) is 0.158. The van der Waals surface area contributed by atoms with E-state index in [2.05, 4.69) is 11.8 Å². The van der Waals surface area contributed by atoms with Gasteiger partial charge in [0.05, 0.1) is 5.56 Å².